The second-order valence-corrected chi connectivity index (χ2v) is 6.83. The molecular weight excluding hydrogens is 377 g/mol. The van der Waals surface area contributed by atoms with Crippen LogP contribution >= 0.6 is 11.8 Å². The standard InChI is InChI=1S/C20H16FN5OS/c1-3-10-26-18(13-4-7-15(27-2)8-5-13)24-25-20(26)28-19-16-11-14(21)6-9-17(16)22-12-23-19/h3-9,11-12H,1,10H2,2H3. The van der Waals surface area contributed by atoms with E-state index in [4.69, 9.17) is 4.74 Å². The molecule has 6 nitrogen and oxygen atoms in total. The predicted molar refractivity (Wildman–Crippen MR) is 106 cm³/mol. The van der Waals surface area contributed by atoms with Gasteiger partial charge in [0.1, 0.15) is 22.9 Å². The summed E-state index contributed by atoms with van der Waals surface area (Å²) in [4.78, 5) is 8.50. The van der Waals surface area contributed by atoms with Crippen molar-refractivity contribution in [1.82, 2.24) is 24.7 Å². The Kier molecular flexibility index (Phi) is 5.03. The maximum absolute atomic E-state index is 13.7. The smallest absolute Gasteiger partial charge is 0.198 e. The third-order valence-corrected chi connectivity index (χ3v) is 5.13. The normalized spacial score (nSPS) is 10.9. The molecule has 0 aliphatic rings. The first-order chi connectivity index (χ1) is 13.7. The average Bonchev–Trinajstić information content (AvgIpc) is 3.11. The summed E-state index contributed by atoms with van der Waals surface area (Å²) in [5.74, 6) is 1.13. The third kappa shape index (κ3) is 3.46. The lowest BCUT2D eigenvalue weighted by molar-refractivity contribution is 0.415. The van der Waals surface area contributed by atoms with Gasteiger partial charge in [-0.1, -0.05) is 6.08 Å². The molecule has 0 unspecified atom stereocenters. The van der Waals surface area contributed by atoms with E-state index in [0.717, 1.165) is 11.3 Å². The molecule has 4 rings (SSSR count). The molecule has 28 heavy (non-hydrogen) atoms. The second kappa shape index (κ2) is 7.77. The van der Waals surface area contributed by atoms with Gasteiger partial charge in [-0.15, -0.1) is 16.8 Å². The summed E-state index contributed by atoms with van der Waals surface area (Å²) in [5, 5.41) is 10.5. The van der Waals surface area contributed by atoms with E-state index in [0.29, 0.717) is 33.5 Å². The first-order valence-electron chi connectivity index (χ1n) is 8.46. The maximum atomic E-state index is 13.7. The van der Waals surface area contributed by atoms with Crippen LogP contribution in [0.25, 0.3) is 22.3 Å². The van der Waals surface area contributed by atoms with Crippen molar-refractivity contribution in [1.29, 1.82) is 0 Å². The van der Waals surface area contributed by atoms with Gasteiger partial charge in [0.15, 0.2) is 11.0 Å². The molecular formula is C20H16FN5OS. The summed E-state index contributed by atoms with van der Waals surface area (Å²) in [5.41, 5.74) is 1.57. The van der Waals surface area contributed by atoms with E-state index in [1.807, 2.05) is 28.8 Å². The zero-order chi connectivity index (χ0) is 19.5. The number of allylic oxidation sites excluding steroid dienone is 1. The van der Waals surface area contributed by atoms with Crippen LogP contribution in [0.5, 0.6) is 5.75 Å². The Balaban J connectivity index is 1.75. The average molecular weight is 393 g/mol. The molecule has 0 aliphatic heterocycles. The lowest BCUT2D eigenvalue weighted by Crippen LogP contribution is -2.01. The monoisotopic (exact) mass is 393 g/mol. The van der Waals surface area contributed by atoms with Crippen LogP contribution in [0.15, 0.2) is 71.6 Å². The van der Waals surface area contributed by atoms with E-state index < -0.39 is 0 Å². The third-order valence-electron chi connectivity index (χ3n) is 4.13. The molecule has 0 N–H and O–H groups in total. The van der Waals surface area contributed by atoms with Gasteiger partial charge in [0.2, 0.25) is 0 Å². The van der Waals surface area contributed by atoms with Crippen molar-refractivity contribution in [2.75, 3.05) is 7.11 Å². The highest BCUT2D eigenvalue weighted by Crippen LogP contribution is 2.32. The van der Waals surface area contributed by atoms with Crippen molar-refractivity contribution in [3.05, 3.63) is 67.3 Å². The number of halogens is 1. The van der Waals surface area contributed by atoms with Gasteiger partial charge in [-0.3, -0.25) is 4.57 Å². The largest absolute Gasteiger partial charge is 0.497 e. The number of nitrogens with zero attached hydrogens (tertiary/aromatic N) is 5. The summed E-state index contributed by atoms with van der Waals surface area (Å²) >= 11 is 1.31. The van der Waals surface area contributed by atoms with Crippen molar-refractivity contribution >= 4 is 22.7 Å². The minimum Gasteiger partial charge on any atom is -0.497 e. The summed E-state index contributed by atoms with van der Waals surface area (Å²) < 4.78 is 20.9. The van der Waals surface area contributed by atoms with Gasteiger partial charge in [-0.2, -0.15) is 0 Å². The summed E-state index contributed by atoms with van der Waals surface area (Å²) in [6, 6.07) is 12.0. The van der Waals surface area contributed by atoms with Crippen LogP contribution in [0.4, 0.5) is 4.39 Å². The molecule has 2 aromatic heterocycles. The Morgan fingerprint density at radius 2 is 1.96 bits per heavy atom. The van der Waals surface area contributed by atoms with Crippen LogP contribution in [-0.2, 0) is 6.54 Å². The minimum atomic E-state index is -0.337. The van der Waals surface area contributed by atoms with Crippen molar-refractivity contribution < 1.29 is 9.13 Å². The van der Waals surface area contributed by atoms with Gasteiger partial charge in [0.25, 0.3) is 0 Å². The van der Waals surface area contributed by atoms with Crippen LogP contribution < -0.4 is 4.74 Å². The summed E-state index contributed by atoms with van der Waals surface area (Å²) in [6.45, 7) is 4.35. The number of fused-ring (bicyclic) bond motifs is 1. The van der Waals surface area contributed by atoms with E-state index in [1.165, 1.54) is 30.2 Å². The van der Waals surface area contributed by atoms with Crippen LogP contribution in [-0.4, -0.2) is 31.8 Å². The number of methoxy groups -OCH3 is 1. The van der Waals surface area contributed by atoms with Crippen molar-refractivity contribution in [3.63, 3.8) is 0 Å². The fourth-order valence-electron chi connectivity index (χ4n) is 2.78. The molecule has 0 spiro atoms. The number of aromatic nitrogens is 5. The lowest BCUT2D eigenvalue weighted by atomic mass is 10.2. The van der Waals surface area contributed by atoms with Crippen molar-refractivity contribution in [3.8, 4) is 17.1 Å². The highest BCUT2D eigenvalue weighted by molar-refractivity contribution is 7.99. The quantitative estimate of drug-likeness (QED) is 0.358. The van der Waals surface area contributed by atoms with Crippen molar-refractivity contribution in [2.45, 2.75) is 16.7 Å². The minimum absolute atomic E-state index is 0.337. The number of benzene rings is 2. The zero-order valence-corrected chi connectivity index (χ0v) is 15.9. The number of hydrogen-bond donors (Lipinski definition) is 0. The molecule has 0 amide bonds. The highest BCUT2D eigenvalue weighted by Gasteiger charge is 2.16. The van der Waals surface area contributed by atoms with Gasteiger partial charge >= 0.3 is 0 Å². The molecule has 2 heterocycles. The molecule has 0 atom stereocenters. The number of rotatable bonds is 6. The van der Waals surface area contributed by atoms with E-state index in [2.05, 4.69) is 26.7 Å². The van der Waals surface area contributed by atoms with Gasteiger partial charge in [0, 0.05) is 17.5 Å². The topological polar surface area (TPSA) is 65.7 Å². The van der Waals surface area contributed by atoms with Crippen LogP contribution in [0.3, 0.4) is 0 Å². The van der Waals surface area contributed by atoms with E-state index in [9.17, 15) is 4.39 Å². The Labute approximate surface area is 165 Å². The lowest BCUT2D eigenvalue weighted by Gasteiger charge is -2.09. The Morgan fingerprint density at radius 3 is 2.71 bits per heavy atom. The molecule has 0 saturated heterocycles. The van der Waals surface area contributed by atoms with Crippen LogP contribution in [0.1, 0.15) is 0 Å². The number of hydrogen-bond acceptors (Lipinski definition) is 6. The fraction of sp³-hybridized carbons (Fsp3) is 0.100. The summed E-state index contributed by atoms with van der Waals surface area (Å²) in [6.07, 6.45) is 3.24. The van der Waals surface area contributed by atoms with E-state index in [-0.39, 0.29) is 5.82 Å². The fourth-order valence-corrected chi connectivity index (χ4v) is 3.68. The molecule has 0 radical (unpaired) electrons. The van der Waals surface area contributed by atoms with Gasteiger partial charge in [-0.25, -0.2) is 14.4 Å². The van der Waals surface area contributed by atoms with E-state index >= 15 is 0 Å². The van der Waals surface area contributed by atoms with Gasteiger partial charge in [-0.05, 0) is 54.2 Å². The van der Waals surface area contributed by atoms with Crippen LogP contribution in [0, 0.1) is 5.82 Å². The maximum Gasteiger partial charge on any atom is 0.198 e. The van der Waals surface area contributed by atoms with Crippen molar-refractivity contribution in [2.24, 2.45) is 0 Å². The first kappa shape index (κ1) is 18.1. The highest BCUT2D eigenvalue weighted by atomic mass is 32.2. The number of ether oxygens (including phenoxy) is 1. The van der Waals surface area contributed by atoms with Gasteiger partial charge in [0.05, 0.1) is 12.6 Å². The van der Waals surface area contributed by atoms with Gasteiger partial charge < -0.3 is 4.74 Å². The van der Waals surface area contributed by atoms with Crippen LogP contribution in [0.2, 0.25) is 0 Å². The Hall–Kier alpha value is -3.26. The molecule has 0 fully saturated rings. The second-order valence-electron chi connectivity index (χ2n) is 5.88. The molecule has 2 aromatic carbocycles. The molecule has 0 bridgehead atoms. The molecule has 140 valence electrons. The van der Waals surface area contributed by atoms with E-state index in [1.54, 1.807) is 19.3 Å². The first-order valence-corrected chi connectivity index (χ1v) is 9.28. The Bertz CT molecular complexity index is 1140. The predicted octanol–water partition coefficient (Wildman–Crippen LogP) is 4.37. The molecule has 8 heteroatoms. The molecule has 0 aliphatic carbocycles. The molecule has 0 saturated carbocycles. The molecule has 4 aromatic rings. The SMILES string of the molecule is C=CCn1c(Sc2ncnc3ccc(F)cc23)nnc1-c1ccc(OC)cc1. The zero-order valence-electron chi connectivity index (χ0n) is 15.0. The Morgan fingerprint density at radius 1 is 1.14 bits per heavy atom. The summed E-state index contributed by atoms with van der Waals surface area (Å²) in [7, 11) is 1.62.